The second-order valence-electron chi connectivity index (χ2n) is 4.72. The number of hydrogen-bond acceptors (Lipinski definition) is 4. The largest absolute Gasteiger partial charge is 0.507 e. The Balaban J connectivity index is 2.20. The van der Waals surface area contributed by atoms with Crippen LogP contribution in [0.3, 0.4) is 0 Å². The number of hydrogen-bond donors (Lipinski definition) is 2. The number of methoxy groups -OCH3 is 1. The second kappa shape index (κ2) is 7.27. The minimum absolute atomic E-state index is 0.00881. The van der Waals surface area contributed by atoms with Crippen LogP contribution in [0.2, 0.25) is 0 Å². The number of aromatic hydroxyl groups is 1. The van der Waals surface area contributed by atoms with Crippen LogP contribution >= 0.6 is 11.8 Å². The van der Waals surface area contributed by atoms with Crippen LogP contribution < -0.4 is 10.1 Å². The number of phenolic OH excluding ortho intramolecular Hbond substituents is 1. The molecule has 21 heavy (non-hydrogen) atoms. The molecule has 1 unspecified atom stereocenters. The standard InChI is InChI=1S/C17H21NO2S/c1-4-21-17-8-6-5-7-15(17)18-12(2)14-10-9-13(20-3)11-16(14)19/h5-12,18-19H,4H2,1-3H3. The van der Waals surface area contributed by atoms with Gasteiger partial charge in [-0.3, -0.25) is 0 Å². The van der Waals surface area contributed by atoms with E-state index in [2.05, 4.69) is 24.4 Å². The van der Waals surface area contributed by atoms with Crippen LogP contribution in [-0.4, -0.2) is 18.0 Å². The Morgan fingerprint density at radius 3 is 2.67 bits per heavy atom. The van der Waals surface area contributed by atoms with E-state index < -0.39 is 0 Å². The highest BCUT2D eigenvalue weighted by molar-refractivity contribution is 7.99. The Morgan fingerprint density at radius 2 is 2.00 bits per heavy atom. The Morgan fingerprint density at radius 1 is 1.24 bits per heavy atom. The lowest BCUT2D eigenvalue weighted by atomic mass is 10.1. The van der Waals surface area contributed by atoms with Gasteiger partial charge in [-0.15, -0.1) is 11.8 Å². The Bertz CT molecular complexity index is 601. The molecule has 0 fully saturated rings. The molecule has 2 aromatic rings. The monoisotopic (exact) mass is 303 g/mol. The topological polar surface area (TPSA) is 41.5 Å². The summed E-state index contributed by atoms with van der Waals surface area (Å²) in [5.74, 6) is 1.93. The lowest BCUT2D eigenvalue weighted by Crippen LogP contribution is -2.07. The maximum absolute atomic E-state index is 10.1. The Labute approximate surface area is 130 Å². The van der Waals surface area contributed by atoms with Gasteiger partial charge in [0.1, 0.15) is 11.5 Å². The summed E-state index contributed by atoms with van der Waals surface area (Å²) in [4.78, 5) is 1.22. The number of para-hydroxylation sites is 1. The highest BCUT2D eigenvalue weighted by atomic mass is 32.2. The molecule has 0 spiro atoms. The molecule has 0 radical (unpaired) electrons. The number of anilines is 1. The van der Waals surface area contributed by atoms with E-state index in [0.717, 1.165) is 17.0 Å². The summed E-state index contributed by atoms with van der Waals surface area (Å²) in [6.45, 7) is 4.18. The molecule has 2 N–H and O–H groups in total. The zero-order valence-electron chi connectivity index (χ0n) is 12.6. The van der Waals surface area contributed by atoms with Crippen molar-refractivity contribution < 1.29 is 9.84 Å². The number of benzene rings is 2. The van der Waals surface area contributed by atoms with Gasteiger partial charge in [-0.05, 0) is 36.9 Å². The molecule has 1 atom stereocenters. The minimum atomic E-state index is 0.00881. The van der Waals surface area contributed by atoms with Gasteiger partial charge in [-0.25, -0.2) is 0 Å². The lowest BCUT2D eigenvalue weighted by Gasteiger charge is -2.19. The molecule has 2 rings (SSSR count). The van der Waals surface area contributed by atoms with Gasteiger partial charge in [-0.2, -0.15) is 0 Å². The molecule has 2 aromatic carbocycles. The molecule has 112 valence electrons. The van der Waals surface area contributed by atoms with Crippen molar-refractivity contribution in [3.63, 3.8) is 0 Å². The normalized spacial score (nSPS) is 12.0. The molecule has 0 heterocycles. The third kappa shape index (κ3) is 3.85. The molecular weight excluding hydrogens is 282 g/mol. The summed E-state index contributed by atoms with van der Waals surface area (Å²) >= 11 is 1.80. The second-order valence-corrected chi connectivity index (χ2v) is 6.03. The van der Waals surface area contributed by atoms with Crippen molar-refractivity contribution >= 4 is 17.4 Å². The number of nitrogens with one attached hydrogen (secondary N) is 1. The van der Waals surface area contributed by atoms with Crippen molar-refractivity contribution in [1.82, 2.24) is 0 Å². The maximum Gasteiger partial charge on any atom is 0.124 e. The zero-order chi connectivity index (χ0) is 15.2. The van der Waals surface area contributed by atoms with Crippen LogP contribution in [0.25, 0.3) is 0 Å². The number of rotatable bonds is 6. The van der Waals surface area contributed by atoms with Crippen LogP contribution in [0.4, 0.5) is 5.69 Å². The maximum atomic E-state index is 10.1. The van der Waals surface area contributed by atoms with Crippen molar-refractivity contribution in [3.8, 4) is 11.5 Å². The first kappa shape index (κ1) is 15.6. The molecule has 3 nitrogen and oxygen atoms in total. The summed E-state index contributed by atoms with van der Waals surface area (Å²) in [5, 5.41) is 13.6. The predicted octanol–water partition coefficient (Wildman–Crippen LogP) is 4.69. The third-order valence-corrected chi connectivity index (χ3v) is 4.22. The van der Waals surface area contributed by atoms with E-state index in [1.807, 2.05) is 31.2 Å². The fourth-order valence-electron chi connectivity index (χ4n) is 2.19. The zero-order valence-corrected chi connectivity index (χ0v) is 13.4. The first-order valence-electron chi connectivity index (χ1n) is 7.01. The predicted molar refractivity (Wildman–Crippen MR) is 89.5 cm³/mol. The molecule has 0 saturated carbocycles. The molecule has 0 aliphatic heterocycles. The lowest BCUT2D eigenvalue weighted by molar-refractivity contribution is 0.406. The molecule has 0 aliphatic rings. The van der Waals surface area contributed by atoms with E-state index in [1.54, 1.807) is 24.9 Å². The molecule has 0 bridgehead atoms. The smallest absolute Gasteiger partial charge is 0.124 e. The van der Waals surface area contributed by atoms with Crippen LogP contribution in [0.5, 0.6) is 11.5 Å². The van der Waals surface area contributed by atoms with Gasteiger partial charge in [0.05, 0.1) is 13.2 Å². The molecule has 0 aliphatic carbocycles. The Kier molecular flexibility index (Phi) is 5.39. The summed E-state index contributed by atoms with van der Waals surface area (Å²) in [7, 11) is 1.59. The fourth-order valence-corrected chi connectivity index (χ4v) is 2.96. The van der Waals surface area contributed by atoms with Gasteiger partial charge < -0.3 is 15.2 Å². The van der Waals surface area contributed by atoms with Gasteiger partial charge in [0, 0.05) is 22.2 Å². The van der Waals surface area contributed by atoms with Crippen molar-refractivity contribution in [1.29, 1.82) is 0 Å². The first-order valence-corrected chi connectivity index (χ1v) is 7.99. The number of phenols is 1. The van der Waals surface area contributed by atoms with Gasteiger partial charge >= 0.3 is 0 Å². The van der Waals surface area contributed by atoms with Gasteiger partial charge in [-0.1, -0.05) is 19.1 Å². The quantitative estimate of drug-likeness (QED) is 0.760. The highest BCUT2D eigenvalue weighted by Gasteiger charge is 2.12. The van der Waals surface area contributed by atoms with Crippen molar-refractivity contribution in [2.75, 3.05) is 18.2 Å². The first-order chi connectivity index (χ1) is 10.2. The summed E-state index contributed by atoms with van der Waals surface area (Å²) in [5.41, 5.74) is 1.94. The number of thioether (sulfide) groups is 1. The fraction of sp³-hybridized carbons (Fsp3) is 0.294. The molecule has 0 saturated heterocycles. The van der Waals surface area contributed by atoms with Gasteiger partial charge in [0.2, 0.25) is 0 Å². The Hall–Kier alpha value is -1.81. The molecule has 0 aromatic heterocycles. The number of ether oxygens (including phenoxy) is 1. The van der Waals surface area contributed by atoms with E-state index in [1.165, 1.54) is 4.90 Å². The summed E-state index contributed by atoms with van der Waals surface area (Å²) in [6.07, 6.45) is 0. The van der Waals surface area contributed by atoms with Crippen LogP contribution in [-0.2, 0) is 0 Å². The molecule has 0 amide bonds. The van der Waals surface area contributed by atoms with E-state index in [-0.39, 0.29) is 11.8 Å². The summed E-state index contributed by atoms with van der Waals surface area (Å²) < 4.78 is 5.12. The van der Waals surface area contributed by atoms with Crippen molar-refractivity contribution in [2.45, 2.75) is 24.8 Å². The van der Waals surface area contributed by atoms with Crippen LogP contribution in [0, 0.1) is 0 Å². The van der Waals surface area contributed by atoms with Crippen molar-refractivity contribution in [2.24, 2.45) is 0 Å². The third-order valence-electron chi connectivity index (χ3n) is 3.26. The van der Waals surface area contributed by atoms with E-state index in [0.29, 0.717) is 5.75 Å². The van der Waals surface area contributed by atoms with Crippen LogP contribution in [0.1, 0.15) is 25.5 Å². The molecular formula is C17H21NO2S. The van der Waals surface area contributed by atoms with Crippen LogP contribution in [0.15, 0.2) is 47.4 Å². The minimum Gasteiger partial charge on any atom is -0.507 e. The van der Waals surface area contributed by atoms with E-state index in [4.69, 9.17) is 4.74 Å². The average molecular weight is 303 g/mol. The SMILES string of the molecule is CCSc1ccccc1NC(C)c1ccc(OC)cc1O. The van der Waals surface area contributed by atoms with E-state index in [9.17, 15) is 5.11 Å². The summed E-state index contributed by atoms with van der Waals surface area (Å²) in [6, 6.07) is 13.6. The van der Waals surface area contributed by atoms with Gasteiger partial charge in [0.25, 0.3) is 0 Å². The molecule has 4 heteroatoms. The average Bonchev–Trinajstić information content (AvgIpc) is 2.49. The van der Waals surface area contributed by atoms with Crippen molar-refractivity contribution in [3.05, 3.63) is 48.0 Å². The van der Waals surface area contributed by atoms with Gasteiger partial charge in [0.15, 0.2) is 0 Å². The highest BCUT2D eigenvalue weighted by Crippen LogP contribution is 2.33. The van der Waals surface area contributed by atoms with E-state index >= 15 is 0 Å².